The van der Waals surface area contributed by atoms with Crippen LogP contribution >= 0.6 is 0 Å². The van der Waals surface area contributed by atoms with E-state index in [1.807, 2.05) is 12.1 Å². The molecule has 0 bridgehead atoms. The van der Waals surface area contributed by atoms with Crippen molar-refractivity contribution in [2.24, 2.45) is 0 Å². The number of ether oxygens (including phenoxy) is 1. The summed E-state index contributed by atoms with van der Waals surface area (Å²) in [5.41, 5.74) is 0.678. The van der Waals surface area contributed by atoms with Crippen molar-refractivity contribution in [3.63, 3.8) is 0 Å². The quantitative estimate of drug-likeness (QED) is 0.839. The largest absolute Gasteiger partial charge is 0.381 e. The average Bonchev–Trinajstić information content (AvgIpc) is 3.14. The summed E-state index contributed by atoms with van der Waals surface area (Å²) < 4.78 is 24.6. The smallest absolute Gasteiger partial charge is 0.237 e. The Morgan fingerprint density at radius 2 is 1.71 bits per heavy atom. The van der Waals surface area contributed by atoms with Gasteiger partial charge in [0.15, 0.2) is 5.82 Å². The highest BCUT2D eigenvalue weighted by molar-refractivity contribution is 5.33. The molecule has 0 unspecified atom stereocenters. The fourth-order valence-corrected chi connectivity index (χ4v) is 4.07. The van der Waals surface area contributed by atoms with Crippen molar-refractivity contribution < 1.29 is 13.7 Å². The zero-order valence-electron chi connectivity index (χ0n) is 13.8. The molecule has 0 amide bonds. The van der Waals surface area contributed by atoms with Crippen molar-refractivity contribution in [2.75, 3.05) is 13.2 Å². The lowest BCUT2D eigenvalue weighted by Crippen LogP contribution is -2.35. The molecule has 2 aliphatic rings. The monoisotopic (exact) mass is 330 g/mol. The summed E-state index contributed by atoms with van der Waals surface area (Å²) >= 11 is 0. The highest BCUT2D eigenvalue weighted by Gasteiger charge is 2.42. The Morgan fingerprint density at radius 1 is 1.00 bits per heavy atom. The first-order chi connectivity index (χ1) is 11.8. The van der Waals surface area contributed by atoms with E-state index in [1.54, 1.807) is 0 Å². The molecule has 2 heterocycles. The summed E-state index contributed by atoms with van der Waals surface area (Å²) in [6.45, 7) is 1.30. The first-order valence-electron chi connectivity index (χ1n) is 8.96. The Balaban J connectivity index is 1.69. The molecule has 4 nitrogen and oxygen atoms in total. The third kappa shape index (κ3) is 2.86. The number of hydrogen-bond donors (Lipinski definition) is 0. The summed E-state index contributed by atoms with van der Waals surface area (Å²) in [5, 5.41) is 4.30. The van der Waals surface area contributed by atoms with E-state index >= 15 is 0 Å². The molecule has 1 aromatic carbocycles. The minimum atomic E-state index is -0.355. The zero-order valence-corrected chi connectivity index (χ0v) is 13.8. The van der Waals surface area contributed by atoms with Crippen LogP contribution in [0.5, 0.6) is 0 Å². The van der Waals surface area contributed by atoms with Gasteiger partial charge >= 0.3 is 0 Å². The van der Waals surface area contributed by atoms with Crippen LogP contribution in [0.15, 0.2) is 28.8 Å². The van der Waals surface area contributed by atoms with Crippen LogP contribution in [0.2, 0.25) is 0 Å². The lowest BCUT2D eigenvalue weighted by molar-refractivity contribution is 0.0523. The molecule has 1 saturated heterocycles. The van der Waals surface area contributed by atoms with E-state index in [1.165, 1.54) is 31.4 Å². The fraction of sp³-hybridized carbons (Fsp3) is 0.579. The molecular weight excluding hydrogens is 307 g/mol. The van der Waals surface area contributed by atoms with Crippen molar-refractivity contribution in [1.29, 1.82) is 0 Å². The Kier molecular flexibility index (Phi) is 4.35. The number of aromatic nitrogens is 2. The Bertz CT molecular complexity index is 671. The molecule has 1 aliphatic carbocycles. The third-order valence-corrected chi connectivity index (χ3v) is 5.56. The Morgan fingerprint density at radius 3 is 2.42 bits per heavy atom. The van der Waals surface area contributed by atoms with Gasteiger partial charge in [0.2, 0.25) is 5.89 Å². The van der Waals surface area contributed by atoms with E-state index in [0.29, 0.717) is 25.0 Å². The predicted octanol–water partition coefficient (Wildman–Crippen LogP) is 4.35. The molecule has 24 heavy (non-hydrogen) atoms. The van der Waals surface area contributed by atoms with Gasteiger partial charge in [-0.3, -0.25) is 0 Å². The van der Waals surface area contributed by atoms with Crippen LogP contribution in [0.4, 0.5) is 4.39 Å². The first-order valence-corrected chi connectivity index (χ1v) is 8.96. The summed E-state index contributed by atoms with van der Waals surface area (Å²) in [7, 11) is 0. The molecule has 4 rings (SSSR count). The summed E-state index contributed by atoms with van der Waals surface area (Å²) in [6, 6.07) is 6.69. The molecule has 128 valence electrons. The van der Waals surface area contributed by atoms with Gasteiger partial charge in [-0.05, 0) is 43.4 Å². The van der Waals surface area contributed by atoms with Crippen LogP contribution in [0.1, 0.15) is 68.1 Å². The molecule has 2 aromatic rings. The van der Waals surface area contributed by atoms with Crippen molar-refractivity contribution in [1.82, 2.24) is 10.1 Å². The molecule has 0 spiro atoms. The summed E-state index contributed by atoms with van der Waals surface area (Å²) in [6.07, 6.45) is 7.64. The minimum Gasteiger partial charge on any atom is -0.381 e. The SMILES string of the molecule is Fc1ccc(C2(c3nc(C4CCCCC4)no3)CCOCC2)cc1. The number of halogens is 1. The van der Waals surface area contributed by atoms with Crippen LogP contribution in [0.3, 0.4) is 0 Å². The van der Waals surface area contributed by atoms with E-state index in [4.69, 9.17) is 14.2 Å². The fourth-order valence-electron chi connectivity index (χ4n) is 4.07. The number of rotatable bonds is 3. The van der Waals surface area contributed by atoms with E-state index in [-0.39, 0.29) is 11.2 Å². The van der Waals surface area contributed by atoms with E-state index < -0.39 is 0 Å². The molecule has 0 atom stereocenters. The maximum absolute atomic E-state index is 13.4. The minimum absolute atomic E-state index is 0.227. The number of nitrogens with zero attached hydrogens (tertiary/aromatic N) is 2. The van der Waals surface area contributed by atoms with Gasteiger partial charge in [-0.1, -0.05) is 36.6 Å². The molecule has 1 aliphatic heterocycles. The Labute approximate surface area is 141 Å². The maximum Gasteiger partial charge on any atom is 0.237 e. The molecule has 1 saturated carbocycles. The highest BCUT2D eigenvalue weighted by atomic mass is 19.1. The van der Waals surface area contributed by atoms with E-state index in [0.717, 1.165) is 37.1 Å². The Hall–Kier alpha value is -1.75. The van der Waals surface area contributed by atoms with Gasteiger partial charge < -0.3 is 9.26 Å². The van der Waals surface area contributed by atoms with Crippen LogP contribution in [-0.2, 0) is 10.2 Å². The maximum atomic E-state index is 13.4. The van der Waals surface area contributed by atoms with Crippen LogP contribution in [-0.4, -0.2) is 23.4 Å². The second kappa shape index (κ2) is 6.63. The molecular formula is C19H23FN2O2. The lowest BCUT2D eigenvalue weighted by atomic mass is 9.74. The van der Waals surface area contributed by atoms with Gasteiger partial charge in [0.25, 0.3) is 0 Å². The number of hydrogen-bond acceptors (Lipinski definition) is 4. The highest BCUT2D eigenvalue weighted by Crippen LogP contribution is 2.41. The van der Waals surface area contributed by atoms with Crippen LogP contribution in [0, 0.1) is 5.82 Å². The standard InChI is InChI=1S/C19H23FN2O2/c20-16-8-6-15(7-9-16)19(10-12-23-13-11-19)18-21-17(22-24-18)14-4-2-1-3-5-14/h6-9,14H,1-5,10-13H2. The summed E-state index contributed by atoms with van der Waals surface area (Å²) in [4.78, 5) is 4.80. The van der Waals surface area contributed by atoms with Crippen molar-refractivity contribution in [2.45, 2.75) is 56.3 Å². The molecule has 2 fully saturated rings. The molecule has 1 aromatic heterocycles. The second-order valence-electron chi connectivity index (χ2n) is 6.99. The van der Waals surface area contributed by atoms with Gasteiger partial charge in [-0.25, -0.2) is 4.39 Å². The van der Waals surface area contributed by atoms with Crippen molar-refractivity contribution in [3.8, 4) is 0 Å². The summed E-state index contributed by atoms with van der Waals surface area (Å²) in [5.74, 6) is 1.70. The van der Waals surface area contributed by atoms with Crippen LogP contribution in [0.25, 0.3) is 0 Å². The van der Waals surface area contributed by atoms with Crippen molar-refractivity contribution in [3.05, 3.63) is 47.4 Å². The van der Waals surface area contributed by atoms with Gasteiger partial charge in [0, 0.05) is 19.1 Å². The third-order valence-electron chi connectivity index (χ3n) is 5.56. The number of benzene rings is 1. The van der Waals surface area contributed by atoms with Crippen molar-refractivity contribution >= 4 is 0 Å². The van der Waals surface area contributed by atoms with Gasteiger partial charge in [0.1, 0.15) is 5.82 Å². The molecule has 5 heteroatoms. The van der Waals surface area contributed by atoms with E-state index in [2.05, 4.69) is 5.16 Å². The average molecular weight is 330 g/mol. The first kappa shape index (κ1) is 15.8. The normalized spacial score (nSPS) is 21.7. The molecule has 0 radical (unpaired) electrons. The predicted molar refractivity (Wildman–Crippen MR) is 87.4 cm³/mol. The van der Waals surface area contributed by atoms with Gasteiger partial charge in [-0.2, -0.15) is 4.98 Å². The van der Waals surface area contributed by atoms with E-state index in [9.17, 15) is 4.39 Å². The lowest BCUT2D eigenvalue weighted by Gasteiger charge is -2.34. The van der Waals surface area contributed by atoms with Crippen LogP contribution < -0.4 is 0 Å². The topological polar surface area (TPSA) is 48.2 Å². The zero-order chi connectivity index (χ0) is 16.4. The molecule has 0 N–H and O–H groups in total. The second-order valence-corrected chi connectivity index (χ2v) is 6.99. The van der Waals surface area contributed by atoms with Gasteiger partial charge in [-0.15, -0.1) is 0 Å². The van der Waals surface area contributed by atoms with Gasteiger partial charge in [0.05, 0.1) is 5.41 Å².